The molecule has 1 aliphatic carbocycles. The van der Waals surface area contributed by atoms with Crippen molar-refractivity contribution in [2.75, 3.05) is 12.8 Å². The van der Waals surface area contributed by atoms with E-state index < -0.39 is 0 Å². The Kier molecular flexibility index (Phi) is 5.57. The van der Waals surface area contributed by atoms with Crippen LogP contribution in [0.3, 0.4) is 0 Å². The summed E-state index contributed by atoms with van der Waals surface area (Å²) in [4.78, 5) is 11.2. The molecule has 0 unspecified atom stereocenters. The first-order valence-corrected chi connectivity index (χ1v) is 7.45. The molecule has 1 aliphatic rings. The lowest BCUT2D eigenvalue weighted by molar-refractivity contribution is -0.120. The molecule has 3 heteroatoms. The van der Waals surface area contributed by atoms with Gasteiger partial charge in [0.2, 0.25) is 5.91 Å². The van der Waals surface area contributed by atoms with Crippen LogP contribution in [0, 0.1) is 0 Å². The summed E-state index contributed by atoms with van der Waals surface area (Å²) >= 11 is 1.97. The summed E-state index contributed by atoms with van der Waals surface area (Å²) in [5.74, 6) is 1.10. The van der Waals surface area contributed by atoms with Gasteiger partial charge in [-0.25, -0.2) is 0 Å². The van der Waals surface area contributed by atoms with Crippen molar-refractivity contribution in [3.05, 3.63) is 11.1 Å². The van der Waals surface area contributed by atoms with Crippen LogP contribution in [-0.4, -0.2) is 23.5 Å². The molecule has 0 radical (unpaired) electrons. The van der Waals surface area contributed by atoms with Crippen LogP contribution in [0.15, 0.2) is 11.1 Å². The van der Waals surface area contributed by atoms with Crippen molar-refractivity contribution in [2.24, 2.45) is 0 Å². The zero-order chi connectivity index (χ0) is 12.9. The molecule has 98 valence electrons. The van der Waals surface area contributed by atoms with E-state index >= 15 is 0 Å². The number of carbonyl (C=O) groups is 1. The Balaban J connectivity index is 2.35. The summed E-state index contributed by atoms with van der Waals surface area (Å²) in [6.45, 7) is 6.79. The molecule has 0 spiro atoms. The zero-order valence-corrected chi connectivity index (χ0v) is 12.4. The largest absolute Gasteiger partial charge is 0.359 e. The van der Waals surface area contributed by atoms with Gasteiger partial charge in [0.15, 0.2) is 0 Å². The Labute approximate surface area is 110 Å². The quantitative estimate of drug-likeness (QED) is 0.779. The first-order chi connectivity index (χ1) is 7.97. The van der Waals surface area contributed by atoms with Crippen LogP contribution in [-0.2, 0) is 4.79 Å². The topological polar surface area (TPSA) is 29.1 Å². The Morgan fingerprint density at radius 2 is 1.94 bits per heavy atom. The number of rotatable bonds is 4. The van der Waals surface area contributed by atoms with Crippen molar-refractivity contribution in [3.63, 3.8) is 0 Å². The third kappa shape index (κ3) is 4.74. The lowest BCUT2D eigenvalue weighted by Gasteiger charge is -2.34. The second-order valence-corrected chi connectivity index (χ2v) is 7.01. The molecule has 0 atom stereocenters. The molecule has 1 fully saturated rings. The average molecular weight is 255 g/mol. The van der Waals surface area contributed by atoms with Crippen molar-refractivity contribution in [1.29, 1.82) is 0 Å². The molecule has 0 aromatic carbocycles. The van der Waals surface area contributed by atoms with Gasteiger partial charge in [0.05, 0.1) is 0 Å². The molecule has 1 N–H and O–H groups in total. The van der Waals surface area contributed by atoms with Gasteiger partial charge >= 0.3 is 0 Å². The SMILES string of the molecule is CNC(=O)CCSC1(C)CCC(=C(C)C)CC1. The molecule has 1 saturated carbocycles. The molecule has 1 rings (SSSR count). The molecule has 0 heterocycles. The minimum Gasteiger partial charge on any atom is -0.359 e. The first kappa shape index (κ1) is 14.6. The van der Waals surface area contributed by atoms with Gasteiger partial charge in [-0.05, 0) is 39.5 Å². The summed E-state index contributed by atoms with van der Waals surface area (Å²) in [6.07, 6.45) is 5.64. The number of hydrogen-bond acceptors (Lipinski definition) is 2. The maximum absolute atomic E-state index is 11.2. The fourth-order valence-corrected chi connectivity index (χ4v) is 3.51. The lowest BCUT2D eigenvalue weighted by atomic mass is 9.84. The Morgan fingerprint density at radius 1 is 1.35 bits per heavy atom. The average Bonchev–Trinajstić information content (AvgIpc) is 2.29. The van der Waals surface area contributed by atoms with Gasteiger partial charge in [-0.15, -0.1) is 0 Å². The highest BCUT2D eigenvalue weighted by molar-refractivity contribution is 8.00. The predicted octanol–water partition coefficient (Wildman–Crippen LogP) is 3.52. The second-order valence-electron chi connectivity index (χ2n) is 5.33. The minimum atomic E-state index is 0.155. The molecule has 0 aromatic heterocycles. The molecule has 0 aromatic rings. The van der Waals surface area contributed by atoms with E-state index in [9.17, 15) is 4.79 Å². The van der Waals surface area contributed by atoms with Gasteiger partial charge in [-0.2, -0.15) is 11.8 Å². The molecular formula is C14H25NOS. The van der Waals surface area contributed by atoms with E-state index in [2.05, 4.69) is 26.1 Å². The van der Waals surface area contributed by atoms with E-state index in [1.807, 2.05) is 11.8 Å². The van der Waals surface area contributed by atoms with Crippen molar-refractivity contribution in [2.45, 2.75) is 57.6 Å². The van der Waals surface area contributed by atoms with E-state index in [1.165, 1.54) is 31.3 Å². The Bertz CT molecular complexity index is 295. The summed E-state index contributed by atoms with van der Waals surface area (Å²) in [5, 5.41) is 2.68. The Hall–Kier alpha value is -0.440. The molecule has 2 nitrogen and oxygen atoms in total. The smallest absolute Gasteiger partial charge is 0.220 e. The molecule has 0 bridgehead atoms. The summed E-state index contributed by atoms with van der Waals surface area (Å²) < 4.78 is 0.382. The molecule has 0 saturated heterocycles. The van der Waals surface area contributed by atoms with Gasteiger partial charge in [-0.1, -0.05) is 18.1 Å². The molecule has 1 amide bonds. The number of hydrogen-bond donors (Lipinski definition) is 1. The lowest BCUT2D eigenvalue weighted by Crippen LogP contribution is -2.26. The van der Waals surface area contributed by atoms with Crippen LogP contribution in [0.2, 0.25) is 0 Å². The Morgan fingerprint density at radius 3 is 2.41 bits per heavy atom. The fraction of sp³-hybridized carbons (Fsp3) is 0.786. The van der Waals surface area contributed by atoms with Gasteiger partial charge in [0, 0.05) is 24.0 Å². The highest BCUT2D eigenvalue weighted by Crippen LogP contribution is 2.42. The van der Waals surface area contributed by atoms with Crippen LogP contribution in [0.1, 0.15) is 52.9 Å². The van der Waals surface area contributed by atoms with Crippen molar-refractivity contribution in [1.82, 2.24) is 5.32 Å². The van der Waals surface area contributed by atoms with E-state index in [0.717, 1.165) is 5.75 Å². The maximum atomic E-state index is 11.2. The number of nitrogens with one attached hydrogen (secondary N) is 1. The number of carbonyl (C=O) groups excluding carboxylic acids is 1. The number of thioether (sulfide) groups is 1. The first-order valence-electron chi connectivity index (χ1n) is 6.46. The van der Waals surface area contributed by atoms with E-state index in [4.69, 9.17) is 0 Å². The number of allylic oxidation sites excluding steroid dienone is 2. The monoisotopic (exact) mass is 255 g/mol. The van der Waals surface area contributed by atoms with E-state index in [1.54, 1.807) is 12.6 Å². The van der Waals surface area contributed by atoms with Crippen LogP contribution in [0.5, 0.6) is 0 Å². The molecule has 0 aliphatic heterocycles. The summed E-state index contributed by atoms with van der Waals surface area (Å²) in [6, 6.07) is 0. The fourth-order valence-electron chi connectivity index (χ4n) is 2.24. The van der Waals surface area contributed by atoms with E-state index in [-0.39, 0.29) is 5.91 Å². The standard InChI is InChI=1S/C14H25NOS/c1-11(2)12-5-8-14(3,9-6-12)17-10-7-13(16)15-4/h5-10H2,1-4H3,(H,15,16). The molecular weight excluding hydrogens is 230 g/mol. The van der Waals surface area contributed by atoms with Gasteiger partial charge in [-0.3, -0.25) is 4.79 Å². The highest BCUT2D eigenvalue weighted by Gasteiger charge is 2.29. The third-order valence-electron chi connectivity index (χ3n) is 3.68. The second kappa shape index (κ2) is 6.48. The van der Waals surface area contributed by atoms with Crippen molar-refractivity contribution in [3.8, 4) is 0 Å². The van der Waals surface area contributed by atoms with E-state index in [0.29, 0.717) is 11.2 Å². The van der Waals surface area contributed by atoms with Crippen LogP contribution < -0.4 is 5.32 Å². The van der Waals surface area contributed by atoms with Crippen molar-refractivity contribution >= 4 is 17.7 Å². The van der Waals surface area contributed by atoms with Crippen LogP contribution in [0.25, 0.3) is 0 Å². The normalized spacial score (nSPS) is 24.6. The minimum absolute atomic E-state index is 0.155. The maximum Gasteiger partial charge on any atom is 0.220 e. The number of amides is 1. The van der Waals surface area contributed by atoms with Crippen LogP contribution >= 0.6 is 11.8 Å². The molecule has 17 heavy (non-hydrogen) atoms. The highest BCUT2D eigenvalue weighted by atomic mass is 32.2. The van der Waals surface area contributed by atoms with Crippen molar-refractivity contribution < 1.29 is 4.79 Å². The van der Waals surface area contributed by atoms with Gasteiger partial charge < -0.3 is 5.32 Å². The van der Waals surface area contributed by atoms with Crippen LogP contribution in [0.4, 0.5) is 0 Å². The summed E-state index contributed by atoms with van der Waals surface area (Å²) in [5.41, 5.74) is 3.15. The zero-order valence-electron chi connectivity index (χ0n) is 11.6. The van der Waals surface area contributed by atoms with Gasteiger partial charge in [0.25, 0.3) is 0 Å². The van der Waals surface area contributed by atoms with Gasteiger partial charge in [0.1, 0.15) is 0 Å². The summed E-state index contributed by atoms with van der Waals surface area (Å²) in [7, 11) is 1.70. The third-order valence-corrected chi connectivity index (χ3v) is 5.19. The predicted molar refractivity (Wildman–Crippen MR) is 76.4 cm³/mol.